The van der Waals surface area contributed by atoms with Gasteiger partial charge in [-0.1, -0.05) is 31.5 Å². The number of pyridine rings is 1. The Labute approximate surface area is 190 Å². The fraction of sp³-hybridized carbons (Fsp3) is 0.520. The number of hydrogen-bond acceptors (Lipinski definition) is 5. The molecule has 1 N–H and O–H groups in total. The standard InChI is InChI=1S/C25H35N3O4/c1-18(2)16-26-25(30)24-22(17-32-21-7-5-19(3)6-8-21)28(20(4)15-23(24)29)10-9-27-11-13-31-14-12-27/h5-8,15,18H,9-14,16-17H2,1-4H3,(H,26,30). The molecule has 1 aliphatic rings. The summed E-state index contributed by atoms with van der Waals surface area (Å²) in [5.41, 5.74) is 2.49. The topological polar surface area (TPSA) is 72.8 Å². The maximum Gasteiger partial charge on any atom is 0.257 e. The third kappa shape index (κ3) is 6.43. The predicted molar refractivity (Wildman–Crippen MR) is 125 cm³/mol. The summed E-state index contributed by atoms with van der Waals surface area (Å²) in [6.45, 7) is 13.4. The number of morpholine rings is 1. The Balaban J connectivity index is 1.91. The van der Waals surface area contributed by atoms with Crippen molar-refractivity contribution in [3.05, 3.63) is 63.1 Å². The normalized spacial score (nSPS) is 14.5. The lowest BCUT2D eigenvalue weighted by molar-refractivity contribution is 0.0361. The summed E-state index contributed by atoms with van der Waals surface area (Å²) in [7, 11) is 0. The van der Waals surface area contributed by atoms with E-state index < -0.39 is 0 Å². The number of nitrogens with one attached hydrogen (secondary N) is 1. The average Bonchev–Trinajstić information content (AvgIpc) is 2.77. The van der Waals surface area contributed by atoms with E-state index in [2.05, 4.69) is 14.8 Å². The van der Waals surface area contributed by atoms with Gasteiger partial charge in [-0.15, -0.1) is 0 Å². The quantitative estimate of drug-likeness (QED) is 0.648. The molecule has 7 nitrogen and oxygen atoms in total. The Morgan fingerprint density at radius 3 is 2.47 bits per heavy atom. The third-order valence-corrected chi connectivity index (χ3v) is 5.66. The lowest BCUT2D eigenvalue weighted by Crippen LogP contribution is -2.39. The van der Waals surface area contributed by atoms with Gasteiger partial charge in [0.15, 0.2) is 5.43 Å². The number of aryl methyl sites for hydroxylation is 2. The van der Waals surface area contributed by atoms with Crippen LogP contribution >= 0.6 is 0 Å². The predicted octanol–water partition coefficient (Wildman–Crippen LogP) is 2.76. The number of hydrogen-bond donors (Lipinski definition) is 1. The van der Waals surface area contributed by atoms with Crippen LogP contribution in [0.1, 0.15) is 41.2 Å². The zero-order valence-electron chi connectivity index (χ0n) is 19.6. The molecule has 0 atom stereocenters. The van der Waals surface area contributed by atoms with Crippen molar-refractivity contribution in [1.82, 2.24) is 14.8 Å². The summed E-state index contributed by atoms with van der Waals surface area (Å²) in [6.07, 6.45) is 0. The van der Waals surface area contributed by atoms with Gasteiger partial charge in [-0.2, -0.15) is 0 Å². The number of benzene rings is 1. The van der Waals surface area contributed by atoms with Crippen LogP contribution in [0.25, 0.3) is 0 Å². The first-order chi connectivity index (χ1) is 15.3. The van der Waals surface area contributed by atoms with Crippen molar-refractivity contribution >= 4 is 5.91 Å². The van der Waals surface area contributed by atoms with Crippen molar-refractivity contribution in [2.45, 2.75) is 40.8 Å². The summed E-state index contributed by atoms with van der Waals surface area (Å²) >= 11 is 0. The molecule has 0 bridgehead atoms. The zero-order valence-corrected chi connectivity index (χ0v) is 19.6. The molecule has 0 radical (unpaired) electrons. The number of rotatable bonds is 9. The molecule has 1 aromatic heterocycles. The van der Waals surface area contributed by atoms with Gasteiger partial charge in [0, 0.05) is 44.5 Å². The van der Waals surface area contributed by atoms with E-state index >= 15 is 0 Å². The number of ether oxygens (including phenoxy) is 2. The Hall–Kier alpha value is -2.64. The van der Waals surface area contributed by atoms with Crippen molar-refractivity contribution in [2.75, 3.05) is 39.4 Å². The molecule has 174 valence electrons. The number of carbonyl (C=O) groups excluding carboxylic acids is 1. The second-order valence-corrected chi connectivity index (χ2v) is 8.78. The minimum absolute atomic E-state index is 0.146. The molecule has 7 heteroatoms. The molecular formula is C25H35N3O4. The maximum absolute atomic E-state index is 13.0. The largest absolute Gasteiger partial charge is 0.487 e. The highest BCUT2D eigenvalue weighted by molar-refractivity contribution is 5.95. The van der Waals surface area contributed by atoms with E-state index in [0.717, 1.165) is 44.1 Å². The van der Waals surface area contributed by atoms with Crippen LogP contribution in [0.5, 0.6) is 5.75 Å². The van der Waals surface area contributed by atoms with Crippen molar-refractivity contribution in [3.63, 3.8) is 0 Å². The van der Waals surface area contributed by atoms with E-state index in [0.29, 0.717) is 30.5 Å². The maximum atomic E-state index is 13.0. The van der Waals surface area contributed by atoms with E-state index in [1.54, 1.807) is 6.07 Å². The smallest absolute Gasteiger partial charge is 0.257 e. The first-order valence-electron chi connectivity index (χ1n) is 11.4. The zero-order chi connectivity index (χ0) is 23.1. The summed E-state index contributed by atoms with van der Waals surface area (Å²) in [5, 5.41) is 2.90. The van der Waals surface area contributed by atoms with E-state index in [1.165, 1.54) is 0 Å². The Bertz CT molecular complexity index is 960. The summed E-state index contributed by atoms with van der Waals surface area (Å²) in [4.78, 5) is 28.3. The van der Waals surface area contributed by atoms with Crippen LogP contribution < -0.4 is 15.5 Å². The number of carbonyl (C=O) groups is 1. The van der Waals surface area contributed by atoms with Gasteiger partial charge in [0.2, 0.25) is 0 Å². The molecular weight excluding hydrogens is 406 g/mol. The molecule has 32 heavy (non-hydrogen) atoms. The summed E-state index contributed by atoms with van der Waals surface area (Å²) < 4.78 is 13.5. The molecule has 1 amide bonds. The van der Waals surface area contributed by atoms with E-state index in [4.69, 9.17) is 9.47 Å². The SMILES string of the molecule is Cc1ccc(OCc2c(C(=O)NCC(C)C)c(=O)cc(C)n2CCN2CCOCC2)cc1. The minimum Gasteiger partial charge on any atom is -0.487 e. The van der Waals surface area contributed by atoms with Gasteiger partial charge >= 0.3 is 0 Å². The second kappa shape index (κ2) is 11.3. The molecule has 0 unspecified atom stereocenters. The fourth-order valence-electron chi connectivity index (χ4n) is 3.77. The summed E-state index contributed by atoms with van der Waals surface area (Å²) in [6, 6.07) is 9.32. The molecule has 0 aliphatic carbocycles. The second-order valence-electron chi connectivity index (χ2n) is 8.78. The van der Waals surface area contributed by atoms with Crippen LogP contribution in [0.3, 0.4) is 0 Å². The van der Waals surface area contributed by atoms with Crippen molar-refractivity contribution in [2.24, 2.45) is 5.92 Å². The molecule has 2 aromatic rings. The van der Waals surface area contributed by atoms with Crippen LogP contribution in [0, 0.1) is 19.8 Å². The highest BCUT2D eigenvalue weighted by Gasteiger charge is 2.22. The van der Waals surface area contributed by atoms with E-state index in [-0.39, 0.29) is 23.5 Å². The van der Waals surface area contributed by atoms with Crippen LogP contribution in [-0.2, 0) is 17.9 Å². The van der Waals surface area contributed by atoms with Gasteiger partial charge in [-0.3, -0.25) is 14.5 Å². The van der Waals surface area contributed by atoms with E-state index in [9.17, 15) is 9.59 Å². The van der Waals surface area contributed by atoms with Gasteiger partial charge in [0.05, 0.1) is 18.9 Å². The van der Waals surface area contributed by atoms with Gasteiger partial charge in [-0.05, 0) is 31.9 Å². The van der Waals surface area contributed by atoms with Gasteiger partial charge in [0.25, 0.3) is 5.91 Å². The van der Waals surface area contributed by atoms with Crippen molar-refractivity contribution in [1.29, 1.82) is 0 Å². The third-order valence-electron chi connectivity index (χ3n) is 5.66. The molecule has 0 spiro atoms. The molecule has 1 fully saturated rings. The van der Waals surface area contributed by atoms with Gasteiger partial charge < -0.3 is 19.4 Å². The number of aromatic nitrogens is 1. The minimum atomic E-state index is -0.341. The summed E-state index contributed by atoms with van der Waals surface area (Å²) in [5.74, 6) is 0.657. The lowest BCUT2D eigenvalue weighted by Gasteiger charge is -2.28. The lowest BCUT2D eigenvalue weighted by atomic mass is 10.1. The van der Waals surface area contributed by atoms with Crippen molar-refractivity contribution in [3.8, 4) is 5.75 Å². The molecule has 2 heterocycles. The molecule has 1 saturated heterocycles. The van der Waals surface area contributed by atoms with Crippen LogP contribution in [-0.4, -0.2) is 54.8 Å². The monoisotopic (exact) mass is 441 g/mol. The highest BCUT2D eigenvalue weighted by Crippen LogP contribution is 2.17. The Morgan fingerprint density at radius 2 is 1.81 bits per heavy atom. The Kier molecular flexibility index (Phi) is 8.47. The average molecular weight is 442 g/mol. The first-order valence-corrected chi connectivity index (χ1v) is 11.4. The van der Waals surface area contributed by atoms with Gasteiger partial charge in [0.1, 0.15) is 17.9 Å². The Morgan fingerprint density at radius 1 is 1.12 bits per heavy atom. The fourth-order valence-corrected chi connectivity index (χ4v) is 3.77. The molecule has 3 rings (SSSR count). The van der Waals surface area contributed by atoms with Crippen LogP contribution in [0.4, 0.5) is 0 Å². The van der Waals surface area contributed by atoms with E-state index in [1.807, 2.05) is 52.0 Å². The molecule has 0 saturated carbocycles. The molecule has 1 aromatic carbocycles. The highest BCUT2D eigenvalue weighted by atomic mass is 16.5. The number of nitrogens with zero attached hydrogens (tertiary/aromatic N) is 2. The number of amides is 1. The first kappa shape index (κ1) is 24.0. The van der Waals surface area contributed by atoms with Crippen molar-refractivity contribution < 1.29 is 14.3 Å². The van der Waals surface area contributed by atoms with Crippen LogP contribution in [0.15, 0.2) is 35.1 Å². The van der Waals surface area contributed by atoms with Crippen LogP contribution in [0.2, 0.25) is 0 Å². The van der Waals surface area contributed by atoms with Gasteiger partial charge in [-0.25, -0.2) is 0 Å². The molecule has 1 aliphatic heterocycles.